The van der Waals surface area contributed by atoms with Crippen molar-refractivity contribution >= 4 is 40.5 Å². The molecular formula is C26H26FN5O4. The van der Waals surface area contributed by atoms with E-state index in [4.69, 9.17) is 16.2 Å². The van der Waals surface area contributed by atoms with Gasteiger partial charge in [-0.2, -0.15) is 0 Å². The summed E-state index contributed by atoms with van der Waals surface area (Å²) in [6, 6.07) is 9.68. The number of fused-ring (bicyclic) bond motifs is 1. The van der Waals surface area contributed by atoms with E-state index in [-0.39, 0.29) is 41.5 Å². The molecule has 3 amide bonds. The van der Waals surface area contributed by atoms with Crippen molar-refractivity contribution in [2.75, 3.05) is 29.5 Å². The zero-order valence-electron chi connectivity index (χ0n) is 19.6. The molecule has 0 atom stereocenters. The van der Waals surface area contributed by atoms with E-state index in [0.29, 0.717) is 30.9 Å². The van der Waals surface area contributed by atoms with Crippen molar-refractivity contribution in [1.29, 1.82) is 0 Å². The fourth-order valence-electron chi connectivity index (χ4n) is 4.79. The van der Waals surface area contributed by atoms with E-state index in [1.165, 1.54) is 21.9 Å². The molecule has 0 saturated carbocycles. The first kappa shape index (κ1) is 23.5. The minimum Gasteiger partial charge on any atom is -0.493 e. The summed E-state index contributed by atoms with van der Waals surface area (Å²) in [5.74, 6) is -1.31. The Hall–Kier alpha value is -4.21. The first-order chi connectivity index (χ1) is 17.3. The molecule has 4 N–H and O–H groups in total. The highest BCUT2D eigenvalue weighted by molar-refractivity contribution is 6.51. The molecule has 0 spiro atoms. The summed E-state index contributed by atoms with van der Waals surface area (Å²) in [5, 5.41) is 0. The number of carbonyl (C=O) groups excluding carboxylic acids is 3. The Balaban J connectivity index is 1.50. The third-order valence-corrected chi connectivity index (χ3v) is 6.68. The number of nitrogens with two attached hydrogens (primary N) is 2. The van der Waals surface area contributed by atoms with Gasteiger partial charge in [0.25, 0.3) is 11.8 Å². The van der Waals surface area contributed by atoms with Gasteiger partial charge in [-0.05, 0) is 61.2 Å². The van der Waals surface area contributed by atoms with Crippen LogP contribution in [0.1, 0.15) is 31.2 Å². The molecule has 3 aliphatic heterocycles. The molecule has 0 aromatic heterocycles. The topological polar surface area (TPSA) is 131 Å². The van der Waals surface area contributed by atoms with E-state index in [9.17, 15) is 14.4 Å². The average molecular weight is 492 g/mol. The molecule has 9 nitrogen and oxygen atoms in total. The molecule has 0 unspecified atom stereocenters. The van der Waals surface area contributed by atoms with Crippen LogP contribution in [0.25, 0.3) is 0 Å². The summed E-state index contributed by atoms with van der Waals surface area (Å²) in [5.41, 5.74) is 13.4. The van der Waals surface area contributed by atoms with Gasteiger partial charge < -0.3 is 26.0 Å². The summed E-state index contributed by atoms with van der Waals surface area (Å²) < 4.78 is 20.6. The highest BCUT2D eigenvalue weighted by Gasteiger charge is 2.33. The number of amides is 3. The van der Waals surface area contributed by atoms with Crippen LogP contribution in [-0.4, -0.2) is 43.1 Å². The Kier molecular flexibility index (Phi) is 6.17. The summed E-state index contributed by atoms with van der Waals surface area (Å²) in [7, 11) is 0. The normalized spacial score (nSPS) is 20.4. The number of benzene rings is 2. The molecule has 0 aliphatic carbocycles. The summed E-state index contributed by atoms with van der Waals surface area (Å²) >= 11 is 0. The van der Waals surface area contributed by atoms with E-state index in [2.05, 4.69) is 4.99 Å². The largest absolute Gasteiger partial charge is 0.493 e. The van der Waals surface area contributed by atoms with Crippen molar-refractivity contribution in [3.8, 4) is 5.75 Å². The number of ether oxygens (including phenoxy) is 1. The van der Waals surface area contributed by atoms with Gasteiger partial charge in [0.15, 0.2) is 0 Å². The van der Waals surface area contributed by atoms with E-state index in [1.54, 1.807) is 18.2 Å². The number of hydrogen-bond donors (Lipinski definition) is 2. The fraction of sp³-hybridized carbons (Fsp3) is 0.308. The monoisotopic (exact) mass is 491 g/mol. The average Bonchev–Trinajstić information content (AvgIpc) is 3.33. The van der Waals surface area contributed by atoms with E-state index >= 15 is 4.39 Å². The molecule has 5 rings (SSSR count). The van der Waals surface area contributed by atoms with Crippen LogP contribution < -0.4 is 26.0 Å². The van der Waals surface area contributed by atoms with Gasteiger partial charge in [-0.15, -0.1) is 0 Å². The second-order valence-electron chi connectivity index (χ2n) is 8.95. The standard InChI is InChI=1S/C26H26FN5O4/c27-19-14-17(5-6-20(19)32-10-2-1-3-22(32)33)31-11-8-18(23(28)25(29)34)24(26(31)35)30-16-4-7-21-15(13-16)9-12-36-21/h4-7,13-14H,1-3,8-12,28H2,(H2,29,34). The zero-order valence-corrected chi connectivity index (χ0v) is 19.6. The predicted molar refractivity (Wildman–Crippen MR) is 133 cm³/mol. The van der Waals surface area contributed by atoms with Crippen LogP contribution in [0.5, 0.6) is 5.75 Å². The number of anilines is 2. The van der Waals surface area contributed by atoms with Crippen LogP contribution in [0, 0.1) is 5.82 Å². The summed E-state index contributed by atoms with van der Waals surface area (Å²) in [6.45, 7) is 1.19. The van der Waals surface area contributed by atoms with Gasteiger partial charge in [-0.1, -0.05) is 0 Å². The second-order valence-corrected chi connectivity index (χ2v) is 8.95. The molecule has 2 aromatic carbocycles. The predicted octanol–water partition coefficient (Wildman–Crippen LogP) is 2.49. The van der Waals surface area contributed by atoms with Crippen LogP contribution in [0.2, 0.25) is 0 Å². The molecule has 186 valence electrons. The third kappa shape index (κ3) is 4.30. The van der Waals surface area contributed by atoms with Crippen LogP contribution in [0.4, 0.5) is 21.5 Å². The van der Waals surface area contributed by atoms with Gasteiger partial charge >= 0.3 is 0 Å². The first-order valence-electron chi connectivity index (χ1n) is 11.9. The Bertz CT molecular complexity index is 1340. The van der Waals surface area contributed by atoms with Crippen molar-refractivity contribution < 1.29 is 23.5 Å². The minimum absolute atomic E-state index is 0.0212. The zero-order chi connectivity index (χ0) is 25.4. The lowest BCUT2D eigenvalue weighted by atomic mass is 9.97. The van der Waals surface area contributed by atoms with Gasteiger partial charge in [0, 0.05) is 37.2 Å². The lowest BCUT2D eigenvalue weighted by Crippen LogP contribution is -2.45. The number of piperidine rings is 2. The van der Waals surface area contributed by atoms with Crippen molar-refractivity contribution in [2.45, 2.75) is 32.1 Å². The lowest BCUT2D eigenvalue weighted by molar-refractivity contribution is -0.119. The second kappa shape index (κ2) is 9.44. The van der Waals surface area contributed by atoms with Gasteiger partial charge in [0.1, 0.15) is 23.0 Å². The molecule has 2 fully saturated rings. The Labute approximate surface area is 207 Å². The maximum absolute atomic E-state index is 15.1. The molecule has 10 heteroatoms. The number of aliphatic imine (C=N–C) groups is 1. The van der Waals surface area contributed by atoms with Gasteiger partial charge in [0.2, 0.25) is 5.91 Å². The van der Waals surface area contributed by atoms with Crippen molar-refractivity contribution in [1.82, 2.24) is 0 Å². The highest BCUT2D eigenvalue weighted by atomic mass is 19.1. The highest BCUT2D eigenvalue weighted by Crippen LogP contribution is 2.33. The van der Waals surface area contributed by atoms with Crippen molar-refractivity contribution in [3.05, 3.63) is 59.0 Å². The minimum atomic E-state index is -0.845. The molecule has 0 bridgehead atoms. The summed E-state index contributed by atoms with van der Waals surface area (Å²) in [6.07, 6.45) is 2.92. The van der Waals surface area contributed by atoms with Gasteiger partial charge in [0.05, 0.1) is 18.0 Å². The van der Waals surface area contributed by atoms with Crippen molar-refractivity contribution in [2.24, 2.45) is 16.5 Å². The number of hydrogen-bond acceptors (Lipinski definition) is 6. The lowest BCUT2D eigenvalue weighted by Gasteiger charge is -2.31. The van der Waals surface area contributed by atoms with E-state index in [0.717, 1.165) is 30.6 Å². The Morgan fingerprint density at radius 1 is 0.972 bits per heavy atom. The van der Waals surface area contributed by atoms with Crippen LogP contribution in [0.15, 0.2) is 52.7 Å². The van der Waals surface area contributed by atoms with E-state index in [1.807, 2.05) is 6.07 Å². The number of halogens is 1. The number of carbonyl (C=O) groups is 3. The molecular weight excluding hydrogens is 465 g/mol. The molecule has 2 aromatic rings. The Morgan fingerprint density at radius 3 is 2.56 bits per heavy atom. The third-order valence-electron chi connectivity index (χ3n) is 6.68. The SMILES string of the molecule is NC(=O)C(N)=C1CCN(c2ccc(N3CCCCC3=O)c(F)c2)C(=O)C1=Nc1ccc2c(c1)CCO2. The maximum atomic E-state index is 15.1. The van der Waals surface area contributed by atoms with Crippen molar-refractivity contribution in [3.63, 3.8) is 0 Å². The Morgan fingerprint density at radius 2 is 1.81 bits per heavy atom. The quantitative estimate of drug-likeness (QED) is 0.635. The summed E-state index contributed by atoms with van der Waals surface area (Å²) in [4.78, 5) is 45.0. The van der Waals surface area contributed by atoms with Gasteiger partial charge in [-0.3, -0.25) is 14.4 Å². The number of primary amides is 1. The van der Waals surface area contributed by atoms with E-state index < -0.39 is 17.6 Å². The van der Waals surface area contributed by atoms with Crippen LogP contribution >= 0.6 is 0 Å². The maximum Gasteiger partial charge on any atom is 0.277 e. The fourth-order valence-corrected chi connectivity index (χ4v) is 4.79. The molecule has 3 aliphatic rings. The van der Waals surface area contributed by atoms with Gasteiger partial charge in [-0.25, -0.2) is 9.38 Å². The first-order valence-corrected chi connectivity index (χ1v) is 11.9. The molecule has 36 heavy (non-hydrogen) atoms. The molecule has 0 radical (unpaired) electrons. The molecule has 2 saturated heterocycles. The smallest absolute Gasteiger partial charge is 0.277 e. The van der Waals surface area contributed by atoms with Crippen LogP contribution in [0.3, 0.4) is 0 Å². The number of rotatable bonds is 4. The van der Waals surface area contributed by atoms with Crippen LogP contribution in [-0.2, 0) is 20.8 Å². The molecule has 3 heterocycles. The number of nitrogens with zero attached hydrogens (tertiary/aromatic N) is 3.